The Hall–Kier alpha value is -3.79. The molecule has 2 amide bonds. The smallest absolute Gasteiger partial charge is 0.407 e. The average molecular weight is 555 g/mol. The van der Waals surface area contributed by atoms with Crippen LogP contribution >= 0.6 is 11.8 Å². The Bertz CT molecular complexity index is 1150. The largest absolute Gasteiger partial charge is 0.467 e. The molecule has 3 rings (SSSR count). The monoisotopic (exact) mass is 554 g/mol. The summed E-state index contributed by atoms with van der Waals surface area (Å²) in [4.78, 5) is 49.8. The molecule has 1 aliphatic rings. The lowest BCUT2D eigenvalue weighted by molar-refractivity contribution is -0.147. The van der Waals surface area contributed by atoms with Crippen molar-refractivity contribution in [3.05, 3.63) is 71.1 Å². The van der Waals surface area contributed by atoms with Crippen molar-refractivity contribution >= 4 is 35.7 Å². The maximum atomic E-state index is 12.7. The van der Waals surface area contributed by atoms with Crippen molar-refractivity contribution in [3.8, 4) is 11.1 Å². The van der Waals surface area contributed by atoms with Gasteiger partial charge in [-0.25, -0.2) is 14.4 Å². The summed E-state index contributed by atoms with van der Waals surface area (Å²) in [6, 6.07) is 14.0. The summed E-state index contributed by atoms with van der Waals surface area (Å²) in [5.41, 5.74) is 4.34. The van der Waals surface area contributed by atoms with E-state index in [9.17, 15) is 19.2 Å². The second-order valence-corrected chi connectivity index (χ2v) is 9.70. The molecule has 0 bridgehead atoms. The summed E-state index contributed by atoms with van der Waals surface area (Å²) in [7, 11) is 1.20. The van der Waals surface area contributed by atoms with Crippen molar-refractivity contribution in [1.29, 1.82) is 0 Å². The molecule has 2 aromatic rings. The maximum Gasteiger partial charge on any atom is 0.407 e. The molecule has 0 aliphatic heterocycles. The number of rotatable bonds is 13. The quantitative estimate of drug-likeness (QED) is 0.280. The number of methoxy groups -OCH3 is 1. The SMILES string of the molecule is C/C=C/SC[C@H](NC(=O)CC[C@H](NC(=O)OCC1c2ccccc2-c2ccccc21)C(=O)OC)C(=O)OCC. The summed E-state index contributed by atoms with van der Waals surface area (Å²) in [5.74, 6) is -1.54. The Morgan fingerprint density at radius 2 is 1.56 bits per heavy atom. The van der Waals surface area contributed by atoms with Crippen LogP contribution in [0.25, 0.3) is 11.1 Å². The molecule has 0 spiro atoms. The molecule has 0 fully saturated rings. The van der Waals surface area contributed by atoms with Crippen LogP contribution in [0.15, 0.2) is 60.0 Å². The fourth-order valence-corrected chi connectivity index (χ4v) is 5.09. The lowest BCUT2D eigenvalue weighted by Crippen LogP contribution is -2.45. The van der Waals surface area contributed by atoms with Crippen molar-refractivity contribution in [2.45, 2.75) is 44.7 Å². The van der Waals surface area contributed by atoms with E-state index in [2.05, 4.69) is 10.6 Å². The van der Waals surface area contributed by atoms with Crippen LogP contribution in [0, 0.1) is 0 Å². The van der Waals surface area contributed by atoms with Gasteiger partial charge < -0.3 is 24.8 Å². The Balaban J connectivity index is 1.57. The molecule has 2 atom stereocenters. The fraction of sp³-hybridized carbons (Fsp3) is 0.379. The minimum absolute atomic E-state index is 0.0414. The van der Waals surface area contributed by atoms with E-state index in [1.54, 1.807) is 6.92 Å². The van der Waals surface area contributed by atoms with Crippen molar-refractivity contribution in [2.24, 2.45) is 0 Å². The van der Waals surface area contributed by atoms with E-state index < -0.39 is 36.0 Å². The first-order chi connectivity index (χ1) is 18.9. The zero-order chi connectivity index (χ0) is 28.2. The summed E-state index contributed by atoms with van der Waals surface area (Å²) in [6.45, 7) is 3.81. The molecule has 0 saturated heterocycles. The first kappa shape index (κ1) is 29.8. The van der Waals surface area contributed by atoms with Crippen LogP contribution in [-0.4, -0.2) is 62.1 Å². The second kappa shape index (κ2) is 15.0. The van der Waals surface area contributed by atoms with Crippen LogP contribution in [0.4, 0.5) is 4.79 Å². The van der Waals surface area contributed by atoms with E-state index >= 15 is 0 Å². The molecule has 2 aromatic carbocycles. The van der Waals surface area contributed by atoms with Crippen LogP contribution in [0.3, 0.4) is 0 Å². The average Bonchev–Trinajstić information content (AvgIpc) is 3.27. The van der Waals surface area contributed by atoms with Crippen molar-refractivity contribution in [3.63, 3.8) is 0 Å². The van der Waals surface area contributed by atoms with E-state index in [1.807, 2.05) is 66.9 Å². The number of carbonyl (C=O) groups is 4. The van der Waals surface area contributed by atoms with Gasteiger partial charge in [-0.1, -0.05) is 54.6 Å². The first-order valence-corrected chi connectivity index (χ1v) is 13.8. The molecule has 0 aromatic heterocycles. The number of esters is 2. The molecule has 0 heterocycles. The van der Waals surface area contributed by atoms with Gasteiger partial charge in [-0.15, -0.1) is 11.8 Å². The molecular weight excluding hydrogens is 520 g/mol. The Kier molecular flexibility index (Phi) is 11.4. The Morgan fingerprint density at radius 1 is 0.923 bits per heavy atom. The molecule has 0 radical (unpaired) electrons. The fourth-order valence-electron chi connectivity index (χ4n) is 4.37. The minimum atomic E-state index is -1.10. The highest BCUT2D eigenvalue weighted by Gasteiger charge is 2.30. The molecule has 2 N–H and O–H groups in total. The summed E-state index contributed by atoms with van der Waals surface area (Å²) >= 11 is 1.36. The highest BCUT2D eigenvalue weighted by molar-refractivity contribution is 8.02. The summed E-state index contributed by atoms with van der Waals surface area (Å²) in [5, 5.41) is 6.97. The Labute approximate surface area is 232 Å². The molecule has 208 valence electrons. The van der Waals surface area contributed by atoms with Gasteiger partial charge in [0, 0.05) is 18.1 Å². The van der Waals surface area contributed by atoms with Gasteiger partial charge in [0.2, 0.25) is 5.91 Å². The number of amides is 2. The van der Waals surface area contributed by atoms with E-state index in [4.69, 9.17) is 14.2 Å². The minimum Gasteiger partial charge on any atom is -0.467 e. The van der Waals surface area contributed by atoms with Crippen molar-refractivity contribution in [2.75, 3.05) is 26.1 Å². The number of nitrogens with one attached hydrogen (secondary N) is 2. The second-order valence-electron chi connectivity index (χ2n) is 8.76. The third-order valence-corrected chi connectivity index (χ3v) is 7.17. The number of carbonyl (C=O) groups excluding carboxylic acids is 4. The predicted octanol–water partition coefficient (Wildman–Crippen LogP) is 4.16. The standard InChI is InChI=1S/C29H34N2O7S/c1-4-16-39-18-25(28(34)37-5-2)30-26(32)15-14-24(27(33)36-3)31-29(35)38-17-23-21-12-8-6-10-19(21)20-11-7-9-13-22(20)23/h4,6-13,16,23-25H,5,14-15,17-18H2,1-3H3,(H,30,32)(H,31,35)/b16-4+/t24-,25-/m0/s1. The van der Waals surface area contributed by atoms with Gasteiger partial charge in [0.1, 0.15) is 18.7 Å². The topological polar surface area (TPSA) is 120 Å². The van der Waals surface area contributed by atoms with Gasteiger partial charge >= 0.3 is 18.0 Å². The van der Waals surface area contributed by atoms with Gasteiger partial charge in [-0.05, 0) is 47.9 Å². The number of benzene rings is 2. The number of fused-ring (bicyclic) bond motifs is 3. The third kappa shape index (κ3) is 8.10. The first-order valence-electron chi connectivity index (χ1n) is 12.8. The van der Waals surface area contributed by atoms with Gasteiger partial charge in [0.25, 0.3) is 0 Å². The van der Waals surface area contributed by atoms with Gasteiger partial charge in [0.05, 0.1) is 13.7 Å². The van der Waals surface area contributed by atoms with Crippen LogP contribution in [0.5, 0.6) is 0 Å². The summed E-state index contributed by atoms with van der Waals surface area (Å²) in [6.07, 6.45) is 0.859. The van der Waals surface area contributed by atoms with Crippen LogP contribution < -0.4 is 10.6 Å². The highest BCUT2D eigenvalue weighted by Crippen LogP contribution is 2.44. The number of ether oxygens (including phenoxy) is 3. The zero-order valence-corrected chi connectivity index (χ0v) is 23.1. The Morgan fingerprint density at radius 3 is 2.15 bits per heavy atom. The van der Waals surface area contributed by atoms with Crippen molar-refractivity contribution < 1.29 is 33.4 Å². The predicted molar refractivity (Wildman–Crippen MR) is 149 cm³/mol. The maximum absolute atomic E-state index is 12.7. The summed E-state index contributed by atoms with van der Waals surface area (Å²) < 4.78 is 15.4. The zero-order valence-electron chi connectivity index (χ0n) is 22.3. The normalized spacial score (nSPS) is 13.6. The highest BCUT2D eigenvalue weighted by atomic mass is 32.2. The number of alkyl carbamates (subject to hydrolysis) is 1. The molecule has 39 heavy (non-hydrogen) atoms. The lowest BCUT2D eigenvalue weighted by atomic mass is 9.98. The lowest BCUT2D eigenvalue weighted by Gasteiger charge is -2.19. The molecule has 1 aliphatic carbocycles. The van der Waals surface area contributed by atoms with Crippen LogP contribution in [-0.2, 0) is 28.6 Å². The van der Waals surface area contributed by atoms with Crippen LogP contribution in [0.1, 0.15) is 43.7 Å². The number of allylic oxidation sites excluding steroid dienone is 1. The van der Waals surface area contributed by atoms with E-state index in [1.165, 1.54) is 18.9 Å². The van der Waals surface area contributed by atoms with E-state index in [0.29, 0.717) is 5.75 Å². The molecular formula is C29H34N2O7S. The number of hydrogen-bond donors (Lipinski definition) is 2. The van der Waals surface area contributed by atoms with E-state index in [-0.39, 0.29) is 32.0 Å². The molecule has 0 saturated carbocycles. The number of hydrogen-bond acceptors (Lipinski definition) is 8. The number of thioether (sulfide) groups is 1. The molecule has 10 heteroatoms. The van der Waals surface area contributed by atoms with E-state index in [0.717, 1.165) is 22.3 Å². The van der Waals surface area contributed by atoms with Crippen molar-refractivity contribution in [1.82, 2.24) is 10.6 Å². The van der Waals surface area contributed by atoms with Gasteiger partial charge in [-0.2, -0.15) is 0 Å². The molecule has 0 unspecified atom stereocenters. The molecule has 9 nitrogen and oxygen atoms in total. The van der Waals surface area contributed by atoms with Gasteiger partial charge in [-0.3, -0.25) is 4.79 Å². The third-order valence-electron chi connectivity index (χ3n) is 6.18. The van der Waals surface area contributed by atoms with Gasteiger partial charge in [0.15, 0.2) is 0 Å². The van der Waals surface area contributed by atoms with Crippen LogP contribution in [0.2, 0.25) is 0 Å².